The van der Waals surface area contributed by atoms with Crippen molar-refractivity contribution in [3.05, 3.63) is 23.8 Å². The molecule has 1 N–H and O–H groups in total. The predicted molar refractivity (Wildman–Crippen MR) is 90.8 cm³/mol. The van der Waals surface area contributed by atoms with E-state index in [0.29, 0.717) is 18.0 Å². The molecule has 0 aliphatic carbocycles. The molecule has 1 atom stereocenters. The van der Waals surface area contributed by atoms with Crippen LogP contribution >= 0.6 is 0 Å². The fourth-order valence-electron chi connectivity index (χ4n) is 2.39. The second kappa shape index (κ2) is 10.9. The van der Waals surface area contributed by atoms with Crippen LogP contribution < -0.4 is 9.47 Å². The molecule has 0 heterocycles. The highest BCUT2D eigenvalue weighted by Gasteiger charge is 2.13. The van der Waals surface area contributed by atoms with Crippen LogP contribution in [0.3, 0.4) is 0 Å². The number of aliphatic hydroxyl groups is 1. The lowest BCUT2D eigenvalue weighted by Gasteiger charge is -2.25. The predicted octanol–water partition coefficient (Wildman–Crippen LogP) is 1.93. The minimum Gasteiger partial charge on any atom is -0.493 e. The zero-order valence-electron chi connectivity index (χ0n) is 14.2. The molecular formula is C18H27NO4. The maximum Gasteiger partial charge on any atom is 0.161 e. The smallest absolute Gasteiger partial charge is 0.161 e. The van der Waals surface area contributed by atoms with Gasteiger partial charge in [0, 0.05) is 13.1 Å². The number of aliphatic hydroxyl groups excluding tert-OH is 1. The van der Waals surface area contributed by atoms with Gasteiger partial charge in [-0.2, -0.15) is 0 Å². The van der Waals surface area contributed by atoms with Gasteiger partial charge in [-0.1, -0.05) is 18.9 Å². The first-order valence-corrected chi connectivity index (χ1v) is 7.77. The van der Waals surface area contributed by atoms with Gasteiger partial charge in [0.15, 0.2) is 11.5 Å². The fraction of sp³-hybridized carbons (Fsp3) is 0.556. The van der Waals surface area contributed by atoms with Crippen LogP contribution in [-0.2, 0) is 11.3 Å². The molecule has 0 aliphatic rings. The number of terminal acetylenes is 1. The van der Waals surface area contributed by atoms with Gasteiger partial charge in [0.25, 0.3) is 0 Å². The van der Waals surface area contributed by atoms with Crippen molar-refractivity contribution in [2.24, 2.45) is 0 Å². The summed E-state index contributed by atoms with van der Waals surface area (Å²) in [6, 6.07) is 5.86. The minimum atomic E-state index is -0.560. The standard InChI is InChI=1S/C18H27NO4/c1-5-9-19(13-16(20)14-23-10-6-2)12-15-7-8-17(21-3)18(11-15)22-4/h2,7-8,11,16,20H,5,9-10,12-14H2,1,3-4H3/t16-/m1/s1. The molecule has 5 nitrogen and oxygen atoms in total. The summed E-state index contributed by atoms with van der Waals surface area (Å²) in [4.78, 5) is 2.19. The summed E-state index contributed by atoms with van der Waals surface area (Å²) in [6.45, 7) is 4.73. The Bertz CT molecular complexity index is 498. The number of hydrogen-bond donors (Lipinski definition) is 1. The Balaban J connectivity index is 2.66. The van der Waals surface area contributed by atoms with Gasteiger partial charge >= 0.3 is 0 Å². The van der Waals surface area contributed by atoms with E-state index in [1.807, 2.05) is 18.2 Å². The van der Waals surface area contributed by atoms with Gasteiger partial charge in [-0.3, -0.25) is 4.90 Å². The van der Waals surface area contributed by atoms with E-state index in [4.69, 9.17) is 20.6 Å². The number of benzene rings is 1. The number of hydrogen-bond acceptors (Lipinski definition) is 5. The van der Waals surface area contributed by atoms with Crippen LogP contribution in [-0.4, -0.2) is 56.6 Å². The summed E-state index contributed by atoms with van der Waals surface area (Å²) < 4.78 is 15.8. The summed E-state index contributed by atoms with van der Waals surface area (Å²) in [5, 5.41) is 10.1. The third kappa shape index (κ3) is 6.91. The first-order valence-electron chi connectivity index (χ1n) is 7.77. The van der Waals surface area contributed by atoms with Crippen molar-refractivity contribution >= 4 is 0 Å². The lowest BCUT2D eigenvalue weighted by Crippen LogP contribution is -2.35. The van der Waals surface area contributed by atoms with E-state index in [1.54, 1.807) is 14.2 Å². The van der Waals surface area contributed by atoms with Gasteiger partial charge in [-0.05, 0) is 30.7 Å². The third-order valence-electron chi connectivity index (χ3n) is 3.36. The average molecular weight is 321 g/mol. The van der Waals surface area contributed by atoms with Crippen LogP contribution in [0.5, 0.6) is 11.5 Å². The first-order chi connectivity index (χ1) is 11.1. The third-order valence-corrected chi connectivity index (χ3v) is 3.36. The Kier molecular flexibility index (Phi) is 9.15. The number of rotatable bonds is 11. The average Bonchev–Trinajstić information content (AvgIpc) is 2.55. The van der Waals surface area contributed by atoms with Crippen LogP contribution in [0.15, 0.2) is 18.2 Å². The Hall–Kier alpha value is -1.74. The maximum atomic E-state index is 10.1. The zero-order valence-corrected chi connectivity index (χ0v) is 14.2. The Morgan fingerprint density at radius 1 is 1.26 bits per heavy atom. The monoisotopic (exact) mass is 321 g/mol. The molecule has 0 aromatic heterocycles. The minimum absolute atomic E-state index is 0.223. The van der Waals surface area contributed by atoms with Crippen molar-refractivity contribution in [1.82, 2.24) is 4.90 Å². The van der Waals surface area contributed by atoms with Crippen LogP contribution in [0, 0.1) is 12.3 Å². The van der Waals surface area contributed by atoms with Crippen molar-refractivity contribution < 1.29 is 19.3 Å². The molecule has 0 aliphatic heterocycles. The molecule has 0 saturated heterocycles. The molecule has 0 radical (unpaired) electrons. The Morgan fingerprint density at radius 3 is 2.61 bits per heavy atom. The molecule has 0 amide bonds. The van der Waals surface area contributed by atoms with Gasteiger partial charge in [0.2, 0.25) is 0 Å². The second-order valence-electron chi connectivity index (χ2n) is 5.30. The van der Waals surface area contributed by atoms with E-state index in [9.17, 15) is 5.11 Å². The molecule has 5 heteroatoms. The molecule has 0 saturated carbocycles. The van der Waals surface area contributed by atoms with Gasteiger partial charge in [0.1, 0.15) is 6.61 Å². The van der Waals surface area contributed by atoms with Crippen molar-refractivity contribution in [1.29, 1.82) is 0 Å². The van der Waals surface area contributed by atoms with Crippen LogP contribution in [0.25, 0.3) is 0 Å². The Labute approximate surface area is 139 Å². The topological polar surface area (TPSA) is 51.2 Å². The molecule has 128 valence electrons. The van der Waals surface area contributed by atoms with Crippen molar-refractivity contribution in [3.8, 4) is 23.8 Å². The van der Waals surface area contributed by atoms with Gasteiger partial charge in [0.05, 0.1) is 26.9 Å². The van der Waals surface area contributed by atoms with Crippen molar-refractivity contribution in [3.63, 3.8) is 0 Å². The van der Waals surface area contributed by atoms with E-state index in [2.05, 4.69) is 17.7 Å². The summed E-state index contributed by atoms with van der Waals surface area (Å²) >= 11 is 0. The largest absolute Gasteiger partial charge is 0.493 e. The van der Waals surface area contributed by atoms with Gasteiger partial charge in [-0.25, -0.2) is 0 Å². The molecule has 1 aromatic carbocycles. The fourth-order valence-corrected chi connectivity index (χ4v) is 2.39. The second-order valence-corrected chi connectivity index (χ2v) is 5.30. The highest BCUT2D eigenvalue weighted by molar-refractivity contribution is 5.42. The molecule has 0 fully saturated rings. The number of methoxy groups -OCH3 is 2. The van der Waals surface area contributed by atoms with Crippen LogP contribution in [0.4, 0.5) is 0 Å². The lowest BCUT2D eigenvalue weighted by molar-refractivity contribution is 0.0261. The van der Waals surface area contributed by atoms with E-state index in [1.165, 1.54) is 0 Å². The van der Waals surface area contributed by atoms with E-state index < -0.39 is 6.10 Å². The van der Waals surface area contributed by atoms with Crippen molar-refractivity contribution in [2.75, 3.05) is 40.5 Å². The first kappa shape index (κ1) is 19.3. The van der Waals surface area contributed by atoms with E-state index in [0.717, 1.165) is 25.1 Å². The zero-order chi connectivity index (χ0) is 17.1. The van der Waals surface area contributed by atoms with E-state index in [-0.39, 0.29) is 13.2 Å². The van der Waals surface area contributed by atoms with Crippen LogP contribution in [0.1, 0.15) is 18.9 Å². The highest BCUT2D eigenvalue weighted by atomic mass is 16.5. The Morgan fingerprint density at radius 2 is 2.00 bits per heavy atom. The molecule has 1 rings (SSSR count). The molecule has 23 heavy (non-hydrogen) atoms. The lowest BCUT2D eigenvalue weighted by atomic mass is 10.1. The molecule has 0 spiro atoms. The molecular weight excluding hydrogens is 294 g/mol. The molecule has 0 unspecified atom stereocenters. The molecule has 0 bridgehead atoms. The maximum absolute atomic E-state index is 10.1. The normalized spacial score (nSPS) is 12.0. The molecule has 1 aromatic rings. The summed E-state index contributed by atoms with van der Waals surface area (Å²) in [7, 11) is 3.24. The number of nitrogens with zero attached hydrogens (tertiary/aromatic N) is 1. The number of ether oxygens (including phenoxy) is 3. The summed E-state index contributed by atoms with van der Waals surface area (Å²) in [5.74, 6) is 3.81. The SMILES string of the molecule is C#CCOC[C@H](O)CN(CCC)Cc1ccc(OC)c(OC)c1. The van der Waals surface area contributed by atoms with Gasteiger partial charge < -0.3 is 19.3 Å². The van der Waals surface area contributed by atoms with Gasteiger partial charge in [-0.15, -0.1) is 6.42 Å². The highest BCUT2D eigenvalue weighted by Crippen LogP contribution is 2.28. The summed E-state index contributed by atoms with van der Waals surface area (Å²) in [6.07, 6.45) is 5.57. The van der Waals surface area contributed by atoms with Crippen molar-refractivity contribution in [2.45, 2.75) is 26.0 Å². The van der Waals surface area contributed by atoms with Crippen LogP contribution in [0.2, 0.25) is 0 Å². The van der Waals surface area contributed by atoms with E-state index >= 15 is 0 Å². The summed E-state index contributed by atoms with van der Waals surface area (Å²) in [5.41, 5.74) is 1.10. The quantitative estimate of drug-likeness (QED) is 0.498.